The number of sulfonamides is 1. The van der Waals surface area contributed by atoms with Crippen LogP contribution in [0, 0.1) is 0 Å². The molecule has 0 aliphatic rings. The lowest BCUT2D eigenvalue weighted by atomic mass is 10.2. The van der Waals surface area contributed by atoms with E-state index in [0.717, 1.165) is 4.88 Å². The third kappa shape index (κ3) is 4.30. The van der Waals surface area contributed by atoms with E-state index < -0.39 is 10.0 Å². The number of carbonyl (C=O) groups excluding carboxylic acids is 1. The van der Waals surface area contributed by atoms with Gasteiger partial charge in [0, 0.05) is 17.0 Å². The second kappa shape index (κ2) is 7.23. The van der Waals surface area contributed by atoms with Crippen molar-refractivity contribution in [3.8, 4) is 0 Å². The summed E-state index contributed by atoms with van der Waals surface area (Å²) >= 11 is 7.21. The van der Waals surface area contributed by atoms with Crippen molar-refractivity contribution in [2.75, 3.05) is 6.54 Å². The maximum absolute atomic E-state index is 12.1. The summed E-state index contributed by atoms with van der Waals surface area (Å²) in [6.45, 7) is 2.33. The number of carbonyl (C=O) groups is 1. The number of amides is 1. The van der Waals surface area contributed by atoms with Gasteiger partial charge in [0.15, 0.2) is 0 Å². The van der Waals surface area contributed by atoms with Crippen LogP contribution in [0.25, 0.3) is 0 Å². The predicted octanol–water partition coefficient (Wildman–Crippen LogP) is 2.63. The van der Waals surface area contributed by atoms with Gasteiger partial charge in [-0.15, -0.1) is 11.3 Å². The van der Waals surface area contributed by atoms with E-state index in [4.69, 9.17) is 11.6 Å². The number of thiophene rings is 1. The number of hydrogen-bond donors (Lipinski definition) is 2. The summed E-state index contributed by atoms with van der Waals surface area (Å²) in [6.07, 6.45) is 0. The molecule has 0 spiro atoms. The Hall–Kier alpha value is -1.41. The first-order valence-electron chi connectivity index (χ1n) is 6.54. The Labute approximate surface area is 138 Å². The fraction of sp³-hybridized carbons (Fsp3) is 0.214. The summed E-state index contributed by atoms with van der Waals surface area (Å²) < 4.78 is 26.9. The summed E-state index contributed by atoms with van der Waals surface area (Å²) in [5.74, 6) is -0.335. The summed E-state index contributed by atoms with van der Waals surface area (Å²) in [5, 5.41) is 2.74. The highest BCUT2D eigenvalue weighted by Crippen LogP contribution is 2.21. The second-order valence-electron chi connectivity index (χ2n) is 4.42. The molecular formula is C14H15ClN2O3S2. The predicted molar refractivity (Wildman–Crippen MR) is 87.8 cm³/mol. The lowest BCUT2D eigenvalue weighted by Gasteiger charge is -2.07. The van der Waals surface area contributed by atoms with Gasteiger partial charge in [-0.05, 0) is 30.3 Å². The zero-order valence-corrected chi connectivity index (χ0v) is 14.2. The van der Waals surface area contributed by atoms with E-state index in [9.17, 15) is 13.2 Å². The molecule has 0 saturated heterocycles. The minimum Gasteiger partial charge on any atom is -0.347 e. The van der Waals surface area contributed by atoms with E-state index in [1.807, 2.05) is 6.07 Å². The van der Waals surface area contributed by atoms with Gasteiger partial charge in [0.25, 0.3) is 5.91 Å². The Morgan fingerprint density at radius 3 is 2.68 bits per heavy atom. The molecular weight excluding hydrogens is 344 g/mol. The van der Waals surface area contributed by atoms with E-state index >= 15 is 0 Å². The molecule has 0 bridgehead atoms. The summed E-state index contributed by atoms with van der Waals surface area (Å²) in [7, 11) is -3.58. The Bertz CT molecular complexity index is 772. The lowest BCUT2D eigenvalue weighted by Crippen LogP contribution is -2.25. The van der Waals surface area contributed by atoms with Crippen LogP contribution in [0.15, 0.2) is 41.3 Å². The van der Waals surface area contributed by atoms with Crippen molar-refractivity contribution in [2.45, 2.75) is 18.4 Å². The average Bonchev–Trinajstić information content (AvgIpc) is 2.90. The van der Waals surface area contributed by atoms with Crippen molar-refractivity contribution < 1.29 is 13.2 Å². The van der Waals surface area contributed by atoms with Crippen molar-refractivity contribution in [1.29, 1.82) is 0 Å². The Morgan fingerprint density at radius 1 is 1.27 bits per heavy atom. The summed E-state index contributed by atoms with van der Waals surface area (Å²) in [6, 6.07) is 9.52. The maximum atomic E-state index is 12.1. The zero-order chi connectivity index (χ0) is 16.2. The fourth-order valence-corrected chi connectivity index (χ4v) is 3.91. The van der Waals surface area contributed by atoms with Crippen LogP contribution in [0.2, 0.25) is 4.34 Å². The molecule has 0 fully saturated rings. The number of benzene rings is 1. The van der Waals surface area contributed by atoms with Gasteiger partial charge in [0.05, 0.1) is 15.8 Å². The molecule has 22 heavy (non-hydrogen) atoms. The minimum absolute atomic E-state index is 0.0705. The minimum atomic E-state index is -3.58. The molecule has 2 rings (SSSR count). The number of rotatable bonds is 6. The molecule has 0 atom stereocenters. The van der Waals surface area contributed by atoms with Crippen LogP contribution in [0.1, 0.15) is 22.2 Å². The van der Waals surface area contributed by atoms with Crippen LogP contribution in [-0.4, -0.2) is 20.9 Å². The average molecular weight is 359 g/mol. The van der Waals surface area contributed by atoms with Gasteiger partial charge in [-0.25, -0.2) is 13.1 Å². The molecule has 0 unspecified atom stereocenters. The molecule has 2 aromatic rings. The first-order chi connectivity index (χ1) is 10.4. The maximum Gasteiger partial charge on any atom is 0.251 e. The van der Waals surface area contributed by atoms with E-state index in [0.29, 0.717) is 16.4 Å². The van der Waals surface area contributed by atoms with Crippen LogP contribution in [0.3, 0.4) is 0 Å². The number of nitrogens with one attached hydrogen (secondary N) is 2. The molecule has 8 heteroatoms. The van der Waals surface area contributed by atoms with Crippen molar-refractivity contribution in [1.82, 2.24) is 10.0 Å². The summed E-state index contributed by atoms with van der Waals surface area (Å²) in [5.41, 5.74) is 0.293. The smallest absolute Gasteiger partial charge is 0.251 e. The Balaban J connectivity index is 2.10. The highest BCUT2D eigenvalue weighted by molar-refractivity contribution is 7.89. The van der Waals surface area contributed by atoms with Gasteiger partial charge in [-0.3, -0.25) is 4.79 Å². The monoisotopic (exact) mass is 358 g/mol. The number of hydrogen-bond acceptors (Lipinski definition) is 4. The SMILES string of the molecule is CCNS(=O)(=O)c1cccc(C(=O)NCc2ccc(Cl)s2)c1. The van der Waals surface area contributed by atoms with Gasteiger partial charge >= 0.3 is 0 Å². The quantitative estimate of drug-likeness (QED) is 0.833. The first kappa shape index (κ1) is 17.0. The van der Waals surface area contributed by atoms with E-state index in [1.54, 1.807) is 25.1 Å². The van der Waals surface area contributed by atoms with Crippen LogP contribution >= 0.6 is 22.9 Å². The lowest BCUT2D eigenvalue weighted by molar-refractivity contribution is 0.0951. The van der Waals surface area contributed by atoms with Gasteiger partial charge in [0.2, 0.25) is 10.0 Å². The molecule has 0 radical (unpaired) electrons. The third-order valence-corrected chi connectivity index (χ3v) is 5.57. The molecule has 118 valence electrons. The van der Waals surface area contributed by atoms with Gasteiger partial charge in [0.1, 0.15) is 0 Å². The first-order valence-corrected chi connectivity index (χ1v) is 9.22. The number of halogens is 1. The van der Waals surface area contributed by atoms with E-state index in [-0.39, 0.29) is 17.3 Å². The molecule has 2 N–H and O–H groups in total. The standard InChI is InChI=1S/C14H15ClN2O3S2/c1-2-17-22(19,20)12-5-3-4-10(8-12)14(18)16-9-11-6-7-13(15)21-11/h3-8,17H,2,9H2,1H3,(H,16,18). The molecule has 5 nitrogen and oxygen atoms in total. The Morgan fingerprint density at radius 2 is 2.05 bits per heavy atom. The molecule has 1 aromatic heterocycles. The van der Waals surface area contributed by atoms with E-state index in [2.05, 4.69) is 10.0 Å². The fourth-order valence-electron chi connectivity index (χ4n) is 1.79. The Kier molecular flexibility index (Phi) is 5.57. The summed E-state index contributed by atoms with van der Waals surface area (Å²) in [4.78, 5) is 13.1. The molecule has 0 saturated carbocycles. The van der Waals surface area contributed by atoms with Crippen molar-refractivity contribution in [3.05, 3.63) is 51.2 Å². The van der Waals surface area contributed by atoms with Crippen LogP contribution in [-0.2, 0) is 16.6 Å². The highest BCUT2D eigenvalue weighted by atomic mass is 35.5. The van der Waals surface area contributed by atoms with Crippen LogP contribution in [0.5, 0.6) is 0 Å². The van der Waals surface area contributed by atoms with Crippen molar-refractivity contribution in [2.24, 2.45) is 0 Å². The van der Waals surface area contributed by atoms with Crippen molar-refractivity contribution in [3.63, 3.8) is 0 Å². The van der Waals surface area contributed by atoms with Gasteiger partial charge in [-0.1, -0.05) is 24.6 Å². The molecule has 0 aliphatic carbocycles. The molecule has 1 heterocycles. The topological polar surface area (TPSA) is 75.3 Å². The van der Waals surface area contributed by atoms with Gasteiger partial charge in [-0.2, -0.15) is 0 Å². The third-order valence-electron chi connectivity index (χ3n) is 2.79. The molecule has 0 aliphatic heterocycles. The normalized spacial score (nSPS) is 11.4. The second-order valence-corrected chi connectivity index (χ2v) is 7.98. The van der Waals surface area contributed by atoms with Crippen LogP contribution in [0.4, 0.5) is 0 Å². The highest BCUT2D eigenvalue weighted by Gasteiger charge is 2.15. The largest absolute Gasteiger partial charge is 0.347 e. The molecule has 1 aromatic carbocycles. The van der Waals surface area contributed by atoms with E-state index in [1.165, 1.54) is 23.5 Å². The molecule has 1 amide bonds. The van der Waals surface area contributed by atoms with Gasteiger partial charge < -0.3 is 5.32 Å². The van der Waals surface area contributed by atoms with Crippen molar-refractivity contribution >= 4 is 38.9 Å². The van der Waals surface area contributed by atoms with Crippen LogP contribution < -0.4 is 10.0 Å². The zero-order valence-electron chi connectivity index (χ0n) is 11.8.